The van der Waals surface area contributed by atoms with Gasteiger partial charge in [0, 0.05) is 20.0 Å². The van der Waals surface area contributed by atoms with Crippen LogP contribution in [0.3, 0.4) is 0 Å². The van der Waals surface area contributed by atoms with E-state index in [-0.39, 0.29) is 0 Å². The van der Waals surface area contributed by atoms with Crippen molar-refractivity contribution < 1.29 is 4.52 Å². The Morgan fingerprint density at radius 1 is 1.11 bits per heavy atom. The van der Waals surface area contributed by atoms with Gasteiger partial charge in [0.2, 0.25) is 5.89 Å². The molecule has 0 saturated carbocycles. The van der Waals surface area contributed by atoms with Crippen molar-refractivity contribution in [2.45, 2.75) is 52.7 Å². The molecule has 146 valence electrons. The molecule has 3 rings (SSSR count). The topological polar surface area (TPSA) is 78.6 Å². The molecule has 0 radical (unpaired) electrons. The van der Waals surface area contributed by atoms with Crippen LogP contribution in [0.4, 0.5) is 0 Å². The third-order valence-electron chi connectivity index (χ3n) is 4.63. The summed E-state index contributed by atoms with van der Waals surface area (Å²) in [6, 6.07) is 8.80. The Kier molecular flexibility index (Phi) is 7.21. The Bertz CT molecular complexity index is 718. The fraction of sp³-hybridized carbons (Fsp3) is 0.550. The van der Waals surface area contributed by atoms with E-state index in [1.165, 1.54) is 43.5 Å². The molecule has 0 aliphatic carbocycles. The number of hydrogen-bond acceptors (Lipinski definition) is 5. The van der Waals surface area contributed by atoms with Crippen molar-refractivity contribution in [3.05, 3.63) is 47.1 Å². The monoisotopic (exact) mass is 370 g/mol. The number of guanidine groups is 1. The minimum atomic E-state index is 0.484. The van der Waals surface area contributed by atoms with Crippen molar-refractivity contribution >= 4 is 5.96 Å². The van der Waals surface area contributed by atoms with Crippen molar-refractivity contribution in [3.63, 3.8) is 0 Å². The van der Waals surface area contributed by atoms with Crippen molar-refractivity contribution in [1.82, 2.24) is 25.7 Å². The molecule has 2 aromatic rings. The lowest BCUT2D eigenvalue weighted by Crippen LogP contribution is -2.37. The highest BCUT2D eigenvalue weighted by Crippen LogP contribution is 2.14. The molecule has 0 bridgehead atoms. The van der Waals surface area contributed by atoms with Crippen molar-refractivity contribution in [1.29, 1.82) is 0 Å². The van der Waals surface area contributed by atoms with Crippen LogP contribution in [0.25, 0.3) is 0 Å². The Morgan fingerprint density at radius 2 is 1.85 bits per heavy atom. The number of aliphatic imine (C=N–C) groups is 1. The fourth-order valence-corrected chi connectivity index (χ4v) is 3.21. The minimum Gasteiger partial charge on any atom is -0.357 e. The molecule has 0 unspecified atom stereocenters. The molecule has 2 N–H and O–H groups in total. The van der Waals surface area contributed by atoms with Gasteiger partial charge in [-0.3, -0.25) is 4.90 Å². The maximum atomic E-state index is 4.99. The van der Waals surface area contributed by atoms with E-state index in [4.69, 9.17) is 4.52 Å². The zero-order chi connectivity index (χ0) is 18.9. The van der Waals surface area contributed by atoms with E-state index in [1.54, 1.807) is 6.92 Å². The van der Waals surface area contributed by atoms with Gasteiger partial charge in [-0.1, -0.05) is 35.8 Å². The van der Waals surface area contributed by atoms with Crippen LogP contribution >= 0.6 is 0 Å². The summed E-state index contributed by atoms with van der Waals surface area (Å²) in [6.07, 6.45) is 4.04. The van der Waals surface area contributed by atoms with E-state index in [0.717, 1.165) is 19.0 Å². The average molecular weight is 371 g/mol. The van der Waals surface area contributed by atoms with Gasteiger partial charge in [0.05, 0.1) is 13.1 Å². The highest BCUT2D eigenvalue weighted by molar-refractivity contribution is 5.79. The van der Waals surface area contributed by atoms with E-state index in [1.807, 2.05) is 6.92 Å². The summed E-state index contributed by atoms with van der Waals surface area (Å²) in [7, 11) is 0. The van der Waals surface area contributed by atoms with Crippen LogP contribution in [0.2, 0.25) is 0 Å². The van der Waals surface area contributed by atoms with E-state index >= 15 is 0 Å². The molecular weight excluding hydrogens is 340 g/mol. The lowest BCUT2D eigenvalue weighted by atomic mass is 10.1. The summed E-state index contributed by atoms with van der Waals surface area (Å²) in [5, 5.41) is 10.4. The molecule has 2 heterocycles. The van der Waals surface area contributed by atoms with Crippen molar-refractivity contribution in [2.24, 2.45) is 4.99 Å². The number of nitrogens with one attached hydrogen (secondary N) is 2. The molecule has 1 aromatic heterocycles. The standard InChI is InChI=1S/C20H30N6O/c1-3-21-20(23-14-19-24-16(2)27-25-19)22-13-17-7-9-18(10-8-17)15-26-11-5-4-6-12-26/h7-10H,3-6,11-15H2,1-2H3,(H2,21,22,23). The van der Waals surface area contributed by atoms with Gasteiger partial charge in [-0.25, -0.2) is 4.99 Å². The third kappa shape index (κ3) is 6.36. The molecule has 1 aromatic carbocycles. The van der Waals surface area contributed by atoms with Crippen LogP contribution in [-0.4, -0.2) is 40.6 Å². The van der Waals surface area contributed by atoms with Gasteiger partial charge in [0.25, 0.3) is 0 Å². The van der Waals surface area contributed by atoms with E-state index < -0.39 is 0 Å². The highest BCUT2D eigenvalue weighted by atomic mass is 16.5. The zero-order valence-electron chi connectivity index (χ0n) is 16.4. The Labute approximate surface area is 161 Å². The molecule has 0 spiro atoms. The summed E-state index contributed by atoms with van der Waals surface area (Å²) in [4.78, 5) is 11.4. The maximum Gasteiger partial charge on any atom is 0.223 e. The Hall–Kier alpha value is -2.41. The Morgan fingerprint density at radius 3 is 2.52 bits per heavy atom. The van der Waals surface area contributed by atoms with Gasteiger partial charge >= 0.3 is 0 Å². The second-order valence-electron chi connectivity index (χ2n) is 6.93. The quantitative estimate of drug-likeness (QED) is 0.576. The van der Waals surface area contributed by atoms with Crippen LogP contribution in [0.5, 0.6) is 0 Å². The number of piperidine rings is 1. The summed E-state index contributed by atoms with van der Waals surface area (Å²) in [6.45, 7) is 9.25. The molecule has 27 heavy (non-hydrogen) atoms. The Balaban J connectivity index is 1.51. The van der Waals surface area contributed by atoms with Crippen LogP contribution in [0.15, 0.2) is 33.8 Å². The normalized spacial score (nSPS) is 15.7. The predicted octanol–water partition coefficient (Wildman–Crippen LogP) is 2.62. The van der Waals surface area contributed by atoms with Crippen molar-refractivity contribution in [3.8, 4) is 0 Å². The second kappa shape index (κ2) is 10.1. The molecular formula is C20H30N6O. The number of hydrogen-bond donors (Lipinski definition) is 2. The molecule has 1 saturated heterocycles. The van der Waals surface area contributed by atoms with Gasteiger partial charge in [0.15, 0.2) is 11.8 Å². The number of rotatable bonds is 7. The third-order valence-corrected chi connectivity index (χ3v) is 4.63. The molecule has 0 amide bonds. The van der Waals surface area contributed by atoms with Gasteiger partial charge < -0.3 is 15.2 Å². The molecule has 1 fully saturated rings. The zero-order valence-corrected chi connectivity index (χ0v) is 16.4. The van der Waals surface area contributed by atoms with E-state index in [2.05, 4.69) is 54.9 Å². The number of benzene rings is 1. The summed E-state index contributed by atoms with van der Waals surface area (Å²) in [5.74, 6) is 1.94. The van der Waals surface area contributed by atoms with Gasteiger partial charge in [-0.2, -0.15) is 4.98 Å². The summed E-state index contributed by atoms with van der Waals surface area (Å²) >= 11 is 0. The highest BCUT2D eigenvalue weighted by Gasteiger charge is 2.10. The first-order chi connectivity index (χ1) is 13.2. The van der Waals surface area contributed by atoms with Crippen LogP contribution in [0.1, 0.15) is 49.0 Å². The first kappa shape index (κ1) is 19.4. The number of likely N-dealkylation sites (tertiary alicyclic amines) is 1. The number of aryl methyl sites for hydroxylation is 1. The first-order valence-corrected chi connectivity index (χ1v) is 9.84. The smallest absolute Gasteiger partial charge is 0.223 e. The lowest BCUT2D eigenvalue weighted by molar-refractivity contribution is 0.221. The first-order valence-electron chi connectivity index (χ1n) is 9.84. The summed E-state index contributed by atoms with van der Waals surface area (Å²) < 4.78 is 4.99. The average Bonchev–Trinajstić information content (AvgIpc) is 3.11. The fourth-order valence-electron chi connectivity index (χ4n) is 3.21. The SMILES string of the molecule is CCNC(=NCc1ccc(CN2CCCCC2)cc1)NCc1noc(C)n1. The van der Waals surface area contributed by atoms with Gasteiger partial charge in [-0.05, 0) is 44.0 Å². The molecule has 7 heteroatoms. The van der Waals surface area contributed by atoms with E-state index in [0.29, 0.717) is 24.8 Å². The lowest BCUT2D eigenvalue weighted by Gasteiger charge is -2.26. The predicted molar refractivity (Wildman–Crippen MR) is 106 cm³/mol. The van der Waals surface area contributed by atoms with Gasteiger partial charge in [-0.15, -0.1) is 0 Å². The molecule has 7 nitrogen and oxygen atoms in total. The van der Waals surface area contributed by atoms with E-state index in [9.17, 15) is 0 Å². The molecule has 0 atom stereocenters. The molecule has 1 aliphatic heterocycles. The second-order valence-corrected chi connectivity index (χ2v) is 6.93. The minimum absolute atomic E-state index is 0.484. The van der Waals surface area contributed by atoms with Crippen LogP contribution in [-0.2, 0) is 19.6 Å². The van der Waals surface area contributed by atoms with Crippen LogP contribution in [0, 0.1) is 6.92 Å². The summed E-state index contributed by atoms with van der Waals surface area (Å²) in [5.41, 5.74) is 2.58. The molecule has 1 aliphatic rings. The van der Waals surface area contributed by atoms with Crippen molar-refractivity contribution in [2.75, 3.05) is 19.6 Å². The van der Waals surface area contributed by atoms with Gasteiger partial charge in [0.1, 0.15) is 0 Å². The largest absolute Gasteiger partial charge is 0.357 e. The number of nitrogens with zero attached hydrogens (tertiary/aromatic N) is 4. The number of aromatic nitrogens is 2. The van der Waals surface area contributed by atoms with Crippen LogP contribution < -0.4 is 10.6 Å². The maximum absolute atomic E-state index is 4.99.